The molecule has 0 bridgehead atoms. The number of carbonyl (C=O) groups excluding carboxylic acids is 4. The first-order valence-corrected chi connectivity index (χ1v) is 8.52. The lowest BCUT2D eigenvalue weighted by atomic mass is 10.2. The SMILES string of the molecule is Cc1cccc(N[C@H]2SC(=O)N(CCN3C(=O)CCC3=O)C2=O)c1. The largest absolute Gasteiger partial charge is 0.365 e. The molecule has 2 aliphatic rings. The average Bonchev–Trinajstić information content (AvgIpc) is 2.98. The molecule has 1 N–H and O–H groups in total. The van der Waals surface area contributed by atoms with Crippen LogP contribution < -0.4 is 5.32 Å². The summed E-state index contributed by atoms with van der Waals surface area (Å²) in [4.78, 5) is 49.9. The number of likely N-dealkylation sites (tertiary alicyclic amines) is 1. The molecule has 1 aromatic rings. The summed E-state index contributed by atoms with van der Waals surface area (Å²) in [5, 5.41) is 1.98. The van der Waals surface area contributed by atoms with Gasteiger partial charge in [-0.05, 0) is 36.4 Å². The number of nitrogens with one attached hydrogen (secondary N) is 1. The highest BCUT2D eigenvalue weighted by atomic mass is 32.2. The highest BCUT2D eigenvalue weighted by molar-refractivity contribution is 8.15. The van der Waals surface area contributed by atoms with E-state index in [2.05, 4.69) is 5.32 Å². The normalized spacial score (nSPS) is 21.1. The van der Waals surface area contributed by atoms with Crippen molar-refractivity contribution in [2.45, 2.75) is 25.1 Å². The smallest absolute Gasteiger partial charge is 0.290 e. The monoisotopic (exact) mass is 347 g/mol. The fraction of sp³-hybridized carbons (Fsp3) is 0.375. The molecule has 0 aromatic heterocycles. The highest BCUT2D eigenvalue weighted by Crippen LogP contribution is 2.28. The maximum absolute atomic E-state index is 12.4. The molecule has 1 atom stereocenters. The van der Waals surface area contributed by atoms with Gasteiger partial charge in [-0.1, -0.05) is 12.1 Å². The number of hydrogen-bond acceptors (Lipinski definition) is 6. The quantitative estimate of drug-likeness (QED) is 0.814. The van der Waals surface area contributed by atoms with Crippen molar-refractivity contribution in [2.75, 3.05) is 18.4 Å². The molecule has 0 spiro atoms. The molecule has 8 heteroatoms. The summed E-state index contributed by atoms with van der Waals surface area (Å²) >= 11 is 0.905. The summed E-state index contributed by atoms with van der Waals surface area (Å²) in [6, 6.07) is 7.53. The summed E-state index contributed by atoms with van der Waals surface area (Å²) in [7, 11) is 0. The molecule has 0 aliphatic carbocycles. The lowest BCUT2D eigenvalue weighted by Gasteiger charge is -2.19. The van der Waals surface area contributed by atoms with Crippen LogP contribution in [-0.4, -0.2) is 51.2 Å². The third-order valence-electron chi connectivity index (χ3n) is 3.95. The molecule has 0 radical (unpaired) electrons. The summed E-state index contributed by atoms with van der Waals surface area (Å²) < 4.78 is 0. The van der Waals surface area contributed by atoms with E-state index in [1.54, 1.807) is 0 Å². The summed E-state index contributed by atoms with van der Waals surface area (Å²) in [5.74, 6) is -0.854. The number of aryl methyl sites for hydroxylation is 1. The first-order chi connectivity index (χ1) is 11.5. The van der Waals surface area contributed by atoms with E-state index in [1.807, 2.05) is 31.2 Å². The van der Waals surface area contributed by atoms with E-state index < -0.39 is 5.37 Å². The first-order valence-electron chi connectivity index (χ1n) is 7.64. The Morgan fingerprint density at radius 1 is 1.08 bits per heavy atom. The number of thioether (sulfide) groups is 1. The Hall–Kier alpha value is -2.35. The highest BCUT2D eigenvalue weighted by Gasteiger charge is 2.40. The van der Waals surface area contributed by atoms with Gasteiger partial charge in [0.05, 0.1) is 0 Å². The average molecular weight is 347 g/mol. The number of imide groups is 2. The Morgan fingerprint density at radius 2 is 1.75 bits per heavy atom. The molecule has 126 valence electrons. The van der Waals surface area contributed by atoms with Crippen molar-refractivity contribution in [3.8, 4) is 0 Å². The van der Waals surface area contributed by atoms with Gasteiger partial charge in [-0.15, -0.1) is 0 Å². The van der Waals surface area contributed by atoms with E-state index in [-0.39, 0.29) is 48.9 Å². The number of hydrogen-bond donors (Lipinski definition) is 1. The number of anilines is 1. The first kappa shape index (κ1) is 16.5. The van der Waals surface area contributed by atoms with Crippen LogP contribution in [0, 0.1) is 6.92 Å². The molecule has 2 fully saturated rings. The minimum atomic E-state index is -0.690. The van der Waals surface area contributed by atoms with Crippen molar-refractivity contribution < 1.29 is 19.2 Å². The fourth-order valence-corrected chi connectivity index (χ4v) is 3.63. The minimum absolute atomic E-state index is 0.0359. The third-order valence-corrected chi connectivity index (χ3v) is 4.92. The van der Waals surface area contributed by atoms with Crippen LogP contribution in [0.15, 0.2) is 24.3 Å². The second-order valence-electron chi connectivity index (χ2n) is 5.71. The van der Waals surface area contributed by atoms with Crippen LogP contribution in [0.5, 0.6) is 0 Å². The molecule has 1 aromatic carbocycles. The van der Waals surface area contributed by atoms with E-state index >= 15 is 0 Å². The predicted octanol–water partition coefficient (Wildman–Crippen LogP) is 1.58. The minimum Gasteiger partial charge on any atom is -0.365 e. The molecular weight excluding hydrogens is 330 g/mol. The molecule has 0 unspecified atom stereocenters. The molecule has 2 saturated heterocycles. The van der Waals surface area contributed by atoms with Crippen LogP contribution in [0.2, 0.25) is 0 Å². The predicted molar refractivity (Wildman–Crippen MR) is 89.2 cm³/mol. The van der Waals surface area contributed by atoms with Gasteiger partial charge in [0.25, 0.3) is 11.1 Å². The molecule has 4 amide bonds. The van der Waals surface area contributed by atoms with Crippen molar-refractivity contribution in [1.29, 1.82) is 0 Å². The van der Waals surface area contributed by atoms with Gasteiger partial charge < -0.3 is 5.32 Å². The van der Waals surface area contributed by atoms with Crippen molar-refractivity contribution in [3.05, 3.63) is 29.8 Å². The summed E-state index contributed by atoms with van der Waals surface area (Å²) in [6.45, 7) is 2.04. The number of carbonyl (C=O) groups is 4. The zero-order valence-electron chi connectivity index (χ0n) is 13.2. The molecule has 3 rings (SSSR count). The van der Waals surface area contributed by atoms with E-state index in [0.717, 1.165) is 32.8 Å². The van der Waals surface area contributed by atoms with Crippen molar-refractivity contribution in [2.24, 2.45) is 0 Å². The third kappa shape index (κ3) is 3.28. The van der Waals surface area contributed by atoms with Gasteiger partial charge in [-0.25, -0.2) is 0 Å². The number of amides is 4. The van der Waals surface area contributed by atoms with Gasteiger partial charge in [-0.3, -0.25) is 29.0 Å². The van der Waals surface area contributed by atoms with E-state index in [0.29, 0.717) is 0 Å². The van der Waals surface area contributed by atoms with Crippen LogP contribution >= 0.6 is 11.8 Å². The Balaban J connectivity index is 1.61. The summed E-state index contributed by atoms with van der Waals surface area (Å²) in [5.41, 5.74) is 1.81. The van der Waals surface area contributed by atoms with Gasteiger partial charge in [0.2, 0.25) is 11.8 Å². The van der Waals surface area contributed by atoms with Crippen molar-refractivity contribution in [3.63, 3.8) is 0 Å². The number of rotatable bonds is 5. The van der Waals surface area contributed by atoms with Crippen molar-refractivity contribution in [1.82, 2.24) is 9.80 Å². The lowest BCUT2D eigenvalue weighted by molar-refractivity contribution is -0.139. The Kier molecular flexibility index (Phi) is 4.57. The maximum atomic E-state index is 12.4. The number of nitrogens with zero attached hydrogens (tertiary/aromatic N) is 2. The van der Waals surface area contributed by atoms with Gasteiger partial charge in [0.15, 0.2) is 5.37 Å². The van der Waals surface area contributed by atoms with Crippen LogP contribution in [0.25, 0.3) is 0 Å². The molecule has 7 nitrogen and oxygen atoms in total. The van der Waals surface area contributed by atoms with Crippen molar-refractivity contribution >= 4 is 40.4 Å². The van der Waals surface area contributed by atoms with Gasteiger partial charge >= 0.3 is 0 Å². The van der Waals surface area contributed by atoms with Crippen LogP contribution in [0.1, 0.15) is 18.4 Å². The molecule has 0 saturated carbocycles. The zero-order valence-corrected chi connectivity index (χ0v) is 14.0. The Labute approximate surface area is 143 Å². The van der Waals surface area contributed by atoms with E-state index in [9.17, 15) is 19.2 Å². The van der Waals surface area contributed by atoms with Gasteiger partial charge in [-0.2, -0.15) is 0 Å². The van der Waals surface area contributed by atoms with Gasteiger partial charge in [0.1, 0.15) is 0 Å². The van der Waals surface area contributed by atoms with E-state index in [1.165, 1.54) is 0 Å². The standard InChI is InChI=1S/C16H17N3O4S/c1-10-3-2-4-11(9-10)17-14-15(22)19(16(23)24-14)8-7-18-12(20)5-6-13(18)21/h2-4,9,14,17H,5-8H2,1H3/t14-/m0/s1. The second kappa shape index (κ2) is 6.64. The maximum Gasteiger partial charge on any atom is 0.290 e. The number of benzene rings is 1. The van der Waals surface area contributed by atoms with Crippen LogP contribution in [-0.2, 0) is 14.4 Å². The molecule has 24 heavy (non-hydrogen) atoms. The van der Waals surface area contributed by atoms with E-state index in [4.69, 9.17) is 0 Å². The fourth-order valence-electron chi connectivity index (χ4n) is 2.70. The molecular formula is C16H17N3O4S. The topological polar surface area (TPSA) is 86.8 Å². The second-order valence-corrected chi connectivity index (χ2v) is 6.76. The Bertz CT molecular complexity index is 705. The Morgan fingerprint density at radius 3 is 2.42 bits per heavy atom. The molecule has 2 heterocycles. The van der Waals surface area contributed by atoms with Crippen LogP contribution in [0.4, 0.5) is 10.5 Å². The van der Waals surface area contributed by atoms with Crippen LogP contribution in [0.3, 0.4) is 0 Å². The summed E-state index contributed by atoms with van der Waals surface area (Å²) in [6.07, 6.45) is 0.403. The van der Waals surface area contributed by atoms with Gasteiger partial charge in [0, 0.05) is 31.6 Å². The lowest BCUT2D eigenvalue weighted by Crippen LogP contribution is -2.41. The zero-order chi connectivity index (χ0) is 17.3. The molecule has 2 aliphatic heterocycles.